The fourth-order valence-corrected chi connectivity index (χ4v) is 0.479. The van der Waals surface area contributed by atoms with Crippen LogP contribution in [0.5, 0.6) is 0 Å². The Hall–Kier alpha value is -0.440. The minimum absolute atomic E-state index is 0.985. The Balaban J connectivity index is 2.79. The Morgan fingerprint density at radius 2 is 2.00 bits per heavy atom. The summed E-state index contributed by atoms with van der Waals surface area (Å²) in [6.45, 7) is 7.13. The van der Waals surface area contributed by atoms with Gasteiger partial charge in [-0.1, -0.05) is 19.8 Å². The van der Waals surface area contributed by atoms with Crippen molar-refractivity contribution in [2.75, 3.05) is 0 Å². The van der Waals surface area contributed by atoms with Gasteiger partial charge in [0.15, 0.2) is 0 Å². The van der Waals surface area contributed by atoms with Crippen molar-refractivity contribution in [1.82, 2.24) is 0 Å². The van der Waals surface area contributed by atoms with Crippen molar-refractivity contribution in [2.24, 2.45) is 0 Å². The fraction of sp³-hybridized carbons (Fsp3) is 0.500. The summed E-state index contributed by atoms with van der Waals surface area (Å²) >= 11 is 0. The van der Waals surface area contributed by atoms with Crippen molar-refractivity contribution >= 4 is 0 Å². The van der Waals surface area contributed by atoms with Gasteiger partial charge in [0.25, 0.3) is 0 Å². The first-order valence-corrected chi connectivity index (χ1v) is 2.96. The van der Waals surface area contributed by atoms with E-state index in [0.717, 1.165) is 12.8 Å². The predicted molar refractivity (Wildman–Crippen MR) is 37.0 cm³/mol. The molecule has 8 heavy (non-hydrogen) atoms. The lowest BCUT2D eigenvalue weighted by molar-refractivity contribution is 0.770. The molecule has 0 aliphatic heterocycles. The van der Waals surface area contributed by atoms with E-state index in [1.165, 1.54) is 12.8 Å². The third kappa shape index (κ3) is 5.56. The molecule has 0 spiro atoms. The van der Waals surface area contributed by atoms with Gasteiger partial charge < -0.3 is 0 Å². The SMILES string of the molecule is [CH2]C#CCCCC[CH2]. The lowest BCUT2D eigenvalue weighted by atomic mass is 10.2. The highest BCUT2D eigenvalue weighted by Gasteiger charge is 1.78. The van der Waals surface area contributed by atoms with Crippen LogP contribution in [0.3, 0.4) is 0 Å². The maximum Gasteiger partial charge on any atom is 0.0198 e. The highest BCUT2D eigenvalue weighted by molar-refractivity contribution is 5.00. The molecule has 0 heterocycles. The molecule has 0 aliphatic carbocycles. The van der Waals surface area contributed by atoms with Gasteiger partial charge in [-0.25, -0.2) is 0 Å². The molecule has 0 bridgehead atoms. The second-order valence-electron chi connectivity index (χ2n) is 1.66. The summed E-state index contributed by atoms with van der Waals surface area (Å²) < 4.78 is 0. The zero-order valence-electron chi connectivity index (χ0n) is 5.24. The summed E-state index contributed by atoms with van der Waals surface area (Å²) in [5.41, 5.74) is 0. The molecular formula is C8H12. The van der Waals surface area contributed by atoms with Crippen molar-refractivity contribution in [3.63, 3.8) is 0 Å². The molecule has 0 aliphatic rings. The number of rotatable bonds is 3. The quantitative estimate of drug-likeness (QED) is 0.384. The minimum atomic E-state index is 0.985. The summed E-state index contributed by atoms with van der Waals surface area (Å²) in [5, 5.41) is 0. The van der Waals surface area contributed by atoms with Gasteiger partial charge in [-0.05, 0) is 6.42 Å². The summed E-state index contributed by atoms with van der Waals surface area (Å²) in [6.07, 6.45) is 4.37. The van der Waals surface area contributed by atoms with Crippen LogP contribution in [0.15, 0.2) is 0 Å². The van der Waals surface area contributed by atoms with Gasteiger partial charge >= 0.3 is 0 Å². The van der Waals surface area contributed by atoms with E-state index in [2.05, 4.69) is 25.7 Å². The van der Waals surface area contributed by atoms with Gasteiger partial charge in [0.05, 0.1) is 0 Å². The van der Waals surface area contributed by atoms with Crippen LogP contribution in [-0.2, 0) is 0 Å². The molecule has 0 amide bonds. The smallest absolute Gasteiger partial charge is 0.0198 e. The molecule has 0 saturated carbocycles. The summed E-state index contributed by atoms with van der Waals surface area (Å²) in [4.78, 5) is 0. The first-order valence-electron chi connectivity index (χ1n) is 2.96. The molecule has 0 unspecified atom stereocenters. The van der Waals surface area contributed by atoms with E-state index in [1.807, 2.05) is 0 Å². The van der Waals surface area contributed by atoms with E-state index >= 15 is 0 Å². The average Bonchev–Trinajstić information content (AvgIpc) is 1.81. The maximum atomic E-state index is 3.72. The van der Waals surface area contributed by atoms with Crippen molar-refractivity contribution in [3.05, 3.63) is 13.8 Å². The summed E-state index contributed by atoms with van der Waals surface area (Å²) in [5.74, 6) is 5.50. The van der Waals surface area contributed by atoms with E-state index in [-0.39, 0.29) is 0 Å². The molecule has 0 aromatic rings. The van der Waals surface area contributed by atoms with Crippen LogP contribution in [0.1, 0.15) is 25.7 Å². The van der Waals surface area contributed by atoms with Crippen LogP contribution in [0.4, 0.5) is 0 Å². The van der Waals surface area contributed by atoms with E-state index in [4.69, 9.17) is 0 Å². The Labute approximate surface area is 52.3 Å². The highest BCUT2D eigenvalue weighted by Crippen LogP contribution is 1.95. The number of hydrogen-bond acceptors (Lipinski definition) is 0. The van der Waals surface area contributed by atoms with Crippen LogP contribution in [0.25, 0.3) is 0 Å². The Morgan fingerprint density at radius 1 is 1.25 bits per heavy atom. The molecule has 2 radical (unpaired) electrons. The maximum absolute atomic E-state index is 3.72. The summed E-state index contributed by atoms with van der Waals surface area (Å²) in [6, 6.07) is 0. The van der Waals surface area contributed by atoms with Gasteiger partial charge in [0.2, 0.25) is 0 Å². The van der Waals surface area contributed by atoms with Crippen molar-refractivity contribution in [1.29, 1.82) is 0 Å². The second kappa shape index (κ2) is 6.56. The van der Waals surface area contributed by atoms with Crippen molar-refractivity contribution < 1.29 is 0 Å². The Morgan fingerprint density at radius 3 is 2.50 bits per heavy atom. The summed E-state index contributed by atoms with van der Waals surface area (Å²) in [7, 11) is 0. The largest absolute Gasteiger partial charge is 0.103 e. The molecular weight excluding hydrogens is 96.1 g/mol. The molecule has 0 N–H and O–H groups in total. The molecule has 0 heteroatoms. The average molecular weight is 108 g/mol. The predicted octanol–water partition coefficient (Wildman–Crippen LogP) is 2.22. The van der Waals surface area contributed by atoms with Crippen LogP contribution in [0.2, 0.25) is 0 Å². The van der Waals surface area contributed by atoms with Gasteiger partial charge in [-0.2, -0.15) is 0 Å². The van der Waals surface area contributed by atoms with E-state index < -0.39 is 0 Å². The fourth-order valence-electron chi connectivity index (χ4n) is 0.479. The normalized spacial score (nSPS) is 7.75. The van der Waals surface area contributed by atoms with Crippen molar-refractivity contribution in [2.45, 2.75) is 25.7 Å². The zero-order valence-corrected chi connectivity index (χ0v) is 5.24. The van der Waals surface area contributed by atoms with Crippen LogP contribution >= 0.6 is 0 Å². The lowest BCUT2D eigenvalue weighted by Crippen LogP contribution is -1.69. The van der Waals surface area contributed by atoms with Crippen LogP contribution in [-0.4, -0.2) is 0 Å². The van der Waals surface area contributed by atoms with Gasteiger partial charge in [-0.15, -0.1) is 11.8 Å². The first kappa shape index (κ1) is 7.56. The molecule has 0 fully saturated rings. The first-order chi connectivity index (χ1) is 3.91. The van der Waals surface area contributed by atoms with Gasteiger partial charge in [0, 0.05) is 13.3 Å². The highest BCUT2D eigenvalue weighted by atomic mass is 13.8. The van der Waals surface area contributed by atoms with E-state index in [0.29, 0.717) is 0 Å². The molecule has 44 valence electrons. The molecule has 0 nitrogen and oxygen atoms in total. The number of hydrogen-bond donors (Lipinski definition) is 0. The Bertz CT molecular complexity index is 81.9. The van der Waals surface area contributed by atoms with E-state index in [9.17, 15) is 0 Å². The zero-order chi connectivity index (χ0) is 6.24. The van der Waals surface area contributed by atoms with Crippen molar-refractivity contribution in [3.8, 4) is 11.8 Å². The lowest BCUT2D eigenvalue weighted by Gasteiger charge is -1.86. The number of unbranched alkanes of at least 4 members (excludes halogenated alkanes) is 3. The topological polar surface area (TPSA) is 0 Å². The third-order valence-electron chi connectivity index (χ3n) is 0.927. The van der Waals surface area contributed by atoms with Crippen LogP contribution < -0.4 is 0 Å². The molecule has 0 saturated heterocycles. The van der Waals surface area contributed by atoms with Gasteiger partial charge in [0.1, 0.15) is 0 Å². The molecule has 0 atom stereocenters. The molecule has 0 rings (SSSR count). The second-order valence-corrected chi connectivity index (χ2v) is 1.66. The monoisotopic (exact) mass is 108 g/mol. The van der Waals surface area contributed by atoms with E-state index in [1.54, 1.807) is 0 Å². The molecule has 0 aromatic heterocycles. The Kier molecular flexibility index (Phi) is 6.20. The van der Waals surface area contributed by atoms with Gasteiger partial charge in [-0.3, -0.25) is 0 Å². The van der Waals surface area contributed by atoms with Crippen LogP contribution in [0, 0.1) is 25.7 Å². The third-order valence-corrected chi connectivity index (χ3v) is 0.927. The standard InChI is InChI=1S/C8H12/c1-3-5-7-8-6-4-2/h1-3,5,7-8H2. The minimum Gasteiger partial charge on any atom is -0.103 e. The molecule has 0 aromatic carbocycles.